The second-order valence-electron chi connectivity index (χ2n) is 5.46. The van der Waals surface area contributed by atoms with E-state index >= 15 is 0 Å². The van der Waals surface area contributed by atoms with Crippen LogP contribution in [0.1, 0.15) is 77.0 Å². The number of unbranched alkanes of at least 4 members (excludes halogenated alkanes) is 9. The molecular weight excluding hydrogens is 295 g/mol. The zero-order valence-electron chi connectivity index (χ0n) is 13.5. The molecule has 0 aliphatic carbocycles. The second-order valence-corrected chi connectivity index (χ2v) is 5.46. The molecule has 0 aliphatic rings. The normalized spacial score (nSPS) is 11.1. The van der Waals surface area contributed by atoms with Crippen molar-refractivity contribution in [1.29, 1.82) is 0 Å². The molecular formula is C15H28BF4N2-. The Bertz CT molecular complexity index is 323. The van der Waals surface area contributed by atoms with Crippen LogP contribution in [0.3, 0.4) is 0 Å². The Morgan fingerprint density at radius 2 is 1.32 bits per heavy atom. The van der Waals surface area contributed by atoms with Gasteiger partial charge in [-0.1, -0.05) is 64.7 Å². The van der Waals surface area contributed by atoms with E-state index in [-0.39, 0.29) is 0 Å². The number of H-pyrrole nitrogens is 1. The van der Waals surface area contributed by atoms with E-state index in [1.54, 1.807) is 0 Å². The monoisotopic (exact) mass is 323 g/mol. The first-order valence-corrected chi connectivity index (χ1v) is 8.29. The molecule has 22 heavy (non-hydrogen) atoms. The molecule has 1 N–H and O–H groups in total. The SMILES string of the molecule is CCCCCCCCCCCCc1ncc[nH]1.F[B-](F)(F)F. The van der Waals surface area contributed by atoms with Gasteiger partial charge in [-0.05, 0) is 6.42 Å². The molecule has 1 aromatic rings. The molecule has 0 fully saturated rings. The number of imidazole rings is 1. The minimum Gasteiger partial charge on any atom is -0.418 e. The van der Waals surface area contributed by atoms with E-state index in [2.05, 4.69) is 16.9 Å². The third-order valence-electron chi connectivity index (χ3n) is 3.32. The molecule has 0 spiro atoms. The number of nitrogens with zero attached hydrogens (tertiary/aromatic N) is 1. The van der Waals surface area contributed by atoms with E-state index in [1.807, 2.05) is 12.4 Å². The summed E-state index contributed by atoms with van der Waals surface area (Å²) in [6.45, 7) is 2.28. The van der Waals surface area contributed by atoms with Gasteiger partial charge in [0.1, 0.15) is 5.82 Å². The van der Waals surface area contributed by atoms with Crippen LogP contribution in [0.2, 0.25) is 0 Å². The molecule has 0 saturated heterocycles. The van der Waals surface area contributed by atoms with Gasteiger partial charge in [0.25, 0.3) is 0 Å². The van der Waals surface area contributed by atoms with Gasteiger partial charge in [0.2, 0.25) is 0 Å². The highest BCUT2D eigenvalue weighted by Crippen LogP contribution is 2.11. The molecule has 0 atom stereocenters. The Morgan fingerprint density at radius 1 is 0.864 bits per heavy atom. The Labute approximate surface area is 131 Å². The molecule has 0 aliphatic heterocycles. The van der Waals surface area contributed by atoms with E-state index in [0.717, 1.165) is 12.2 Å². The predicted molar refractivity (Wildman–Crippen MR) is 84.3 cm³/mol. The lowest BCUT2D eigenvalue weighted by molar-refractivity contribution is 0.368. The van der Waals surface area contributed by atoms with Crippen molar-refractivity contribution in [3.8, 4) is 0 Å². The number of aromatic nitrogens is 2. The summed E-state index contributed by atoms with van der Waals surface area (Å²) in [5.74, 6) is 1.14. The number of aryl methyl sites for hydroxylation is 1. The van der Waals surface area contributed by atoms with Crippen molar-refractivity contribution in [1.82, 2.24) is 9.97 Å². The fraction of sp³-hybridized carbons (Fsp3) is 0.800. The van der Waals surface area contributed by atoms with E-state index in [0.29, 0.717) is 0 Å². The number of nitrogens with one attached hydrogen (secondary N) is 1. The molecule has 0 bridgehead atoms. The third kappa shape index (κ3) is 19.0. The van der Waals surface area contributed by atoms with Crippen LogP contribution in [0.4, 0.5) is 17.3 Å². The largest absolute Gasteiger partial charge is 0.673 e. The van der Waals surface area contributed by atoms with Crippen molar-refractivity contribution in [2.24, 2.45) is 0 Å². The quantitative estimate of drug-likeness (QED) is 0.294. The molecule has 130 valence electrons. The van der Waals surface area contributed by atoms with Crippen LogP contribution >= 0.6 is 0 Å². The fourth-order valence-electron chi connectivity index (χ4n) is 2.21. The fourth-order valence-corrected chi connectivity index (χ4v) is 2.21. The van der Waals surface area contributed by atoms with Gasteiger partial charge in [-0.15, -0.1) is 0 Å². The van der Waals surface area contributed by atoms with Gasteiger partial charge in [-0.3, -0.25) is 0 Å². The minimum absolute atomic E-state index is 1.11. The van der Waals surface area contributed by atoms with E-state index in [4.69, 9.17) is 0 Å². The molecule has 0 saturated carbocycles. The van der Waals surface area contributed by atoms with Crippen LogP contribution in [-0.2, 0) is 6.42 Å². The molecule has 2 nitrogen and oxygen atoms in total. The topological polar surface area (TPSA) is 28.7 Å². The molecule has 0 unspecified atom stereocenters. The summed E-state index contributed by atoms with van der Waals surface area (Å²) in [5, 5.41) is 0. The number of halogens is 4. The zero-order chi connectivity index (χ0) is 16.7. The highest BCUT2D eigenvalue weighted by atomic mass is 19.5. The molecule has 0 aromatic carbocycles. The lowest BCUT2D eigenvalue weighted by Crippen LogP contribution is -2.02. The van der Waals surface area contributed by atoms with Crippen LogP contribution in [0.25, 0.3) is 0 Å². The summed E-state index contributed by atoms with van der Waals surface area (Å²) in [6, 6.07) is 0. The molecule has 0 amide bonds. The van der Waals surface area contributed by atoms with Crippen LogP contribution in [0, 0.1) is 0 Å². The molecule has 1 rings (SSSR count). The Hall–Kier alpha value is -1.01. The van der Waals surface area contributed by atoms with Gasteiger partial charge in [0, 0.05) is 18.8 Å². The smallest absolute Gasteiger partial charge is 0.418 e. The lowest BCUT2D eigenvalue weighted by atomic mass is 10.1. The van der Waals surface area contributed by atoms with Gasteiger partial charge in [-0.2, -0.15) is 0 Å². The summed E-state index contributed by atoms with van der Waals surface area (Å²) < 4.78 is 39.0. The summed E-state index contributed by atoms with van der Waals surface area (Å²) in [7, 11) is -6.00. The van der Waals surface area contributed by atoms with Crippen molar-refractivity contribution < 1.29 is 17.3 Å². The Morgan fingerprint density at radius 3 is 1.73 bits per heavy atom. The average Bonchev–Trinajstić information content (AvgIpc) is 2.92. The average molecular weight is 323 g/mol. The van der Waals surface area contributed by atoms with Crippen molar-refractivity contribution in [2.45, 2.75) is 77.6 Å². The summed E-state index contributed by atoms with van der Waals surface area (Å²) in [4.78, 5) is 7.39. The van der Waals surface area contributed by atoms with Crippen molar-refractivity contribution >= 4 is 7.25 Å². The maximum absolute atomic E-state index is 9.75. The van der Waals surface area contributed by atoms with E-state index in [1.165, 1.54) is 64.2 Å². The van der Waals surface area contributed by atoms with Gasteiger partial charge in [0.15, 0.2) is 0 Å². The van der Waals surface area contributed by atoms with Crippen LogP contribution < -0.4 is 0 Å². The molecule has 0 radical (unpaired) electrons. The maximum atomic E-state index is 9.75. The summed E-state index contributed by atoms with van der Waals surface area (Å²) >= 11 is 0. The zero-order valence-corrected chi connectivity index (χ0v) is 13.5. The summed E-state index contributed by atoms with van der Waals surface area (Å²) in [6.07, 6.45) is 18.9. The van der Waals surface area contributed by atoms with Gasteiger partial charge >= 0.3 is 7.25 Å². The number of aromatic amines is 1. The Balaban J connectivity index is 0.000000763. The van der Waals surface area contributed by atoms with Crippen LogP contribution in [0.15, 0.2) is 12.4 Å². The third-order valence-corrected chi connectivity index (χ3v) is 3.32. The number of hydrogen-bond acceptors (Lipinski definition) is 1. The van der Waals surface area contributed by atoms with Crippen molar-refractivity contribution in [2.75, 3.05) is 0 Å². The molecule has 1 heterocycles. The van der Waals surface area contributed by atoms with E-state index < -0.39 is 7.25 Å². The van der Waals surface area contributed by atoms with Crippen molar-refractivity contribution in [3.63, 3.8) is 0 Å². The predicted octanol–water partition coefficient (Wildman–Crippen LogP) is 6.17. The highest BCUT2D eigenvalue weighted by molar-refractivity contribution is 6.50. The van der Waals surface area contributed by atoms with E-state index in [9.17, 15) is 17.3 Å². The number of hydrogen-bond donors (Lipinski definition) is 1. The maximum Gasteiger partial charge on any atom is 0.673 e. The first-order valence-electron chi connectivity index (χ1n) is 8.29. The van der Waals surface area contributed by atoms with Gasteiger partial charge < -0.3 is 22.2 Å². The van der Waals surface area contributed by atoms with Crippen LogP contribution in [0.5, 0.6) is 0 Å². The van der Waals surface area contributed by atoms with Gasteiger partial charge in [-0.25, -0.2) is 4.98 Å². The van der Waals surface area contributed by atoms with Crippen molar-refractivity contribution in [3.05, 3.63) is 18.2 Å². The molecule has 7 heteroatoms. The lowest BCUT2D eigenvalue weighted by Gasteiger charge is -2.01. The highest BCUT2D eigenvalue weighted by Gasteiger charge is 2.20. The first-order chi connectivity index (χ1) is 10.4. The molecule has 1 aromatic heterocycles. The van der Waals surface area contributed by atoms with Gasteiger partial charge in [0.05, 0.1) is 0 Å². The standard InChI is InChI=1S/C15H28N2.BF4/c1-2-3-4-5-6-7-8-9-10-11-12-15-16-13-14-17-15;2-1(3,4)5/h13-14H,2-12H2,1H3,(H,16,17);/q;-1. The second kappa shape index (κ2) is 13.6. The summed E-state index contributed by atoms with van der Waals surface area (Å²) in [5.41, 5.74) is 0. The van der Waals surface area contributed by atoms with Crippen LogP contribution in [-0.4, -0.2) is 17.2 Å². The Kier molecular flexibility index (Phi) is 13.0. The number of rotatable bonds is 11. The minimum atomic E-state index is -6.00. The first kappa shape index (κ1) is 21.0.